The summed E-state index contributed by atoms with van der Waals surface area (Å²) in [5.41, 5.74) is 3.03. The van der Waals surface area contributed by atoms with Gasteiger partial charge in [-0.1, -0.05) is 0 Å². The number of esters is 1. The number of aromatic nitrogens is 2. The first kappa shape index (κ1) is 22.0. The van der Waals surface area contributed by atoms with Gasteiger partial charge in [-0.2, -0.15) is 5.10 Å². The zero-order valence-electron chi connectivity index (χ0n) is 17.7. The molecule has 2 aromatic rings. The molecule has 9 heteroatoms. The highest BCUT2D eigenvalue weighted by Gasteiger charge is 2.36. The average molecular weight is 434 g/mol. The zero-order valence-corrected chi connectivity index (χ0v) is 18.5. The van der Waals surface area contributed by atoms with Crippen molar-refractivity contribution in [3.05, 3.63) is 47.3 Å². The highest BCUT2D eigenvalue weighted by Crippen LogP contribution is 2.20. The fourth-order valence-electron chi connectivity index (χ4n) is 3.76. The Hall–Kier alpha value is -2.68. The van der Waals surface area contributed by atoms with E-state index in [9.17, 15) is 18.0 Å². The molecule has 1 amide bonds. The van der Waals surface area contributed by atoms with Gasteiger partial charge in [-0.3, -0.25) is 4.79 Å². The van der Waals surface area contributed by atoms with E-state index in [0.717, 1.165) is 17.1 Å². The van der Waals surface area contributed by atoms with Crippen LogP contribution >= 0.6 is 0 Å². The van der Waals surface area contributed by atoms with E-state index in [-0.39, 0.29) is 23.5 Å². The Morgan fingerprint density at radius 1 is 1.27 bits per heavy atom. The molecule has 0 N–H and O–H groups in total. The number of amides is 1. The number of sulfone groups is 1. The van der Waals surface area contributed by atoms with Gasteiger partial charge >= 0.3 is 5.97 Å². The molecule has 0 radical (unpaired) electrons. The minimum Gasteiger partial charge on any atom is -0.449 e. The lowest BCUT2D eigenvalue weighted by Crippen LogP contribution is -2.46. The molecule has 3 rings (SSSR count). The molecular formula is C21H27N3O5S. The molecule has 0 unspecified atom stereocenters. The molecule has 30 heavy (non-hydrogen) atoms. The Morgan fingerprint density at radius 2 is 1.93 bits per heavy atom. The number of carbonyl (C=O) groups is 2. The first-order valence-corrected chi connectivity index (χ1v) is 11.8. The van der Waals surface area contributed by atoms with Crippen molar-refractivity contribution in [2.45, 2.75) is 46.3 Å². The van der Waals surface area contributed by atoms with Crippen molar-refractivity contribution in [2.24, 2.45) is 0 Å². The van der Waals surface area contributed by atoms with Crippen molar-refractivity contribution >= 4 is 21.7 Å². The molecule has 1 aromatic heterocycles. The normalized spacial score (nSPS) is 18.7. The molecule has 1 aliphatic heterocycles. The Balaban J connectivity index is 1.66. The van der Waals surface area contributed by atoms with Crippen LogP contribution in [0, 0.1) is 13.8 Å². The smallest absolute Gasteiger partial charge is 0.338 e. The Morgan fingerprint density at radius 3 is 2.43 bits per heavy atom. The monoisotopic (exact) mass is 433 g/mol. The van der Waals surface area contributed by atoms with Crippen LogP contribution in [0.25, 0.3) is 5.69 Å². The molecule has 0 bridgehead atoms. The Labute approximate surface area is 176 Å². The summed E-state index contributed by atoms with van der Waals surface area (Å²) in [5.74, 6) is -0.948. The molecule has 0 aliphatic carbocycles. The highest BCUT2D eigenvalue weighted by atomic mass is 32.2. The second kappa shape index (κ2) is 8.59. The van der Waals surface area contributed by atoms with Gasteiger partial charge in [-0.05, 0) is 64.4 Å². The van der Waals surface area contributed by atoms with Gasteiger partial charge in [-0.15, -0.1) is 0 Å². The summed E-state index contributed by atoms with van der Waals surface area (Å²) in [4.78, 5) is 26.8. The van der Waals surface area contributed by atoms with Crippen LogP contribution in [0.1, 0.15) is 42.0 Å². The van der Waals surface area contributed by atoms with E-state index in [1.165, 1.54) is 11.8 Å². The van der Waals surface area contributed by atoms with Gasteiger partial charge in [0.2, 0.25) is 0 Å². The lowest BCUT2D eigenvalue weighted by molar-refractivity contribution is -0.141. The number of aryl methyl sites for hydroxylation is 2. The number of ether oxygens (including phenoxy) is 1. The number of hydrogen-bond acceptors (Lipinski definition) is 6. The Bertz CT molecular complexity index is 1040. The fourth-order valence-corrected chi connectivity index (χ4v) is 5.49. The van der Waals surface area contributed by atoms with Crippen molar-refractivity contribution in [2.75, 3.05) is 18.1 Å². The number of likely N-dealkylation sites (N-methyl/N-ethyl adjacent to an activating group) is 1. The summed E-state index contributed by atoms with van der Waals surface area (Å²) in [7, 11) is -3.11. The third-order valence-corrected chi connectivity index (χ3v) is 7.01. The first-order chi connectivity index (χ1) is 14.1. The summed E-state index contributed by atoms with van der Waals surface area (Å²) < 4.78 is 30.6. The fraction of sp³-hybridized carbons (Fsp3) is 0.476. The predicted molar refractivity (Wildman–Crippen MR) is 112 cm³/mol. The topological polar surface area (TPSA) is 98.6 Å². The quantitative estimate of drug-likeness (QED) is 0.647. The van der Waals surface area contributed by atoms with Gasteiger partial charge in [0, 0.05) is 18.3 Å². The first-order valence-electron chi connectivity index (χ1n) is 9.97. The molecule has 1 aromatic carbocycles. The number of hydrogen-bond donors (Lipinski definition) is 0. The Kier molecular flexibility index (Phi) is 6.30. The minimum absolute atomic E-state index is 0.0406. The van der Waals surface area contributed by atoms with Crippen LogP contribution in [-0.4, -0.2) is 65.2 Å². The molecule has 162 valence electrons. The molecule has 1 aliphatic rings. The van der Waals surface area contributed by atoms with E-state index >= 15 is 0 Å². The maximum Gasteiger partial charge on any atom is 0.338 e. The third-order valence-electron chi connectivity index (χ3n) is 5.26. The van der Waals surface area contributed by atoms with E-state index < -0.39 is 21.9 Å². The maximum absolute atomic E-state index is 12.8. The average Bonchev–Trinajstić information content (AvgIpc) is 3.22. The summed E-state index contributed by atoms with van der Waals surface area (Å²) in [6.45, 7) is 7.52. The van der Waals surface area contributed by atoms with Gasteiger partial charge in [0.15, 0.2) is 15.9 Å². The standard InChI is InChI=1S/C21H27N3O5S/c1-5-23(19-10-11-30(27,28)13-19)20(25)16(4)29-21(26)17-6-8-18(9-7-17)24-15(3)12-14(2)22-24/h6-9,12,16,19H,5,10-11,13H2,1-4H3/t16-,19-/m0/s1. The van der Waals surface area contributed by atoms with E-state index in [1.54, 1.807) is 35.9 Å². The van der Waals surface area contributed by atoms with Crippen LogP contribution in [0.5, 0.6) is 0 Å². The van der Waals surface area contributed by atoms with Gasteiger partial charge in [0.1, 0.15) is 0 Å². The molecule has 0 saturated carbocycles. The van der Waals surface area contributed by atoms with E-state index in [1.807, 2.05) is 19.9 Å². The molecular weight excluding hydrogens is 406 g/mol. The molecule has 2 heterocycles. The van der Waals surface area contributed by atoms with Crippen LogP contribution in [0.3, 0.4) is 0 Å². The van der Waals surface area contributed by atoms with E-state index in [0.29, 0.717) is 18.5 Å². The van der Waals surface area contributed by atoms with Crippen molar-refractivity contribution in [1.29, 1.82) is 0 Å². The second-order valence-corrected chi connectivity index (χ2v) is 9.84. The van der Waals surface area contributed by atoms with Crippen LogP contribution < -0.4 is 0 Å². The molecule has 1 saturated heterocycles. The molecule has 0 spiro atoms. The van der Waals surface area contributed by atoms with Gasteiger partial charge in [0.05, 0.1) is 28.5 Å². The van der Waals surface area contributed by atoms with Gasteiger partial charge in [0.25, 0.3) is 5.91 Å². The SMILES string of the molecule is CCN(C(=O)[C@H](C)OC(=O)c1ccc(-n2nc(C)cc2C)cc1)[C@H]1CCS(=O)(=O)C1. The van der Waals surface area contributed by atoms with Crippen molar-refractivity contribution in [1.82, 2.24) is 14.7 Å². The van der Waals surface area contributed by atoms with Crippen molar-refractivity contribution in [3.8, 4) is 5.69 Å². The largest absolute Gasteiger partial charge is 0.449 e. The number of nitrogens with zero attached hydrogens (tertiary/aromatic N) is 3. The molecule has 8 nitrogen and oxygen atoms in total. The van der Waals surface area contributed by atoms with Crippen LogP contribution in [-0.2, 0) is 19.4 Å². The lowest BCUT2D eigenvalue weighted by Gasteiger charge is -2.29. The van der Waals surface area contributed by atoms with Crippen molar-refractivity contribution in [3.63, 3.8) is 0 Å². The minimum atomic E-state index is -3.11. The third kappa shape index (κ3) is 4.72. The summed E-state index contributed by atoms with van der Waals surface area (Å²) in [5, 5.41) is 4.41. The van der Waals surface area contributed by atoms with Gasteiger partial charge < -0.3 is 9.64 Å². The molecule has 2 atom stereocenters. The maximum atomic E-state index is 12.8. The summed E-state index contributed by atoms with van der Waals surface area (Å²) in [6, 6.07) is 8.39. The highest BCUT2D eigenvalue weighted by molar-refractivity contribution is 7.91. The van der Waals surface area contributed by atoms with Crippen LogP contribution in [0.2, 0.25) is 0 Å². The lowest BCUT2D eigenvalue weighted by atomic mass is 10.2. The molecule has 1 fully saturated rings. The van der Waals surface area contributed by atoms with Crippen molar-refractivity contribution < 1.29 is 22.7 Å². The summed E-state index contributed by atoms with van der Waals surface area (Å²) in [6.07, 6.45) is -0.590. The summed E-state index contributed by atoms with van der Waals surface area (Å²) >= 11 is 0. The van der Waals surface area contributed by atoms with E-state index in [4.69, 9.17) is 4.74 Å². The van der Waals surface area contributed by atoms with Crippen LogP contribution in [0.4, 0.5) is 0 Å². The number of carbonyl (C=O) groups excluding carboxylic acids is 2. The predicted octanol–water partition coefficient (Wildman–Crippen LogP) is 2.07. The van der Waals surface area contributed by atoms with Gasteiger partial charge in [-0.25, -0.2) is 17.9 Å². The zero-order chi connectivity index (χ0) is 22.1. The second-order valence-electron chi connectivity index (χ2n) is 7.61. The number of rotatable bonds is 6. The number of benzene rings is 1. The van der Waals surface area contributed by atoms with Crippen LogP contribution in [0.15, 0.2) is 30.3 Å². The van der Waals surface area contributed by atoms with E-state index in [2.05, 4.69) is 5.10 Å².